The maximum Gasteiger partial charge on any atom is 0.250 e. The Hall–Kier alpha value is -1.05. The fourth-order valence-electron chi connectivity index (χ4n) is 1.29. The van der Waals surface area contributed by atoms with Crippen LogP contribution in [0.1, 0.15) is 20.8 Å². The molecule has 1 rings (SSSR count). The van der Waals surface area contributed by atoms with Gasteiger partial charge in [-0.15, -0.1) is 0 Å². The topological polar surface area (TPSA) is 95.4 Å². The van der Waals surface area contributed by atoms with E-state index in [9.17, 15) is 8.42 Å². The molecule has 108 valence electrons. The lowest BCUT2D eigenvalue weighted by molar-refractivity contribution is 0.493. The van der Waals surface area contributed by atoms with E-state index in [1.165, 1.54) is 6.07 Å². The third kappa shape index (κ3) is 3.49. The predicted molar refractivity (Wildman–Crippen MR) is 80.1 cm³/mol. The second-order valence-corrected chi connectivity index (χ2v) is 12.3. The van der Waals surface area contributed by atoms with Crippen molar-refractivity contribution in [2.45, 2.75) is 43.8 Å². The molecule has 0 radical (unpaired) electrons. The molecule has 0 aliphatic rings. The van der Waals surface area contributed by atoms with E-state index >= 15 is 0 Å². The highest BCUT2D eigenvalue weighted by molar-refractivity contribution is 7.89. The quantitative estimate of drug-likeness (QED) is 0.661. The van der Waals surface area contributed by atoms with Crippen molar-refractivity contribution in [1.82, 2.24) is 0 Å². The van der Waals surface area contributed by atoms with Crippen LogP contribution in [0.2, 0.25) is 18.1 Å². The summed E-state index contributed by atoms with van der Waals surface area (Å²) >= 11 is 0. The second kappa shape index (κ2) is 4.81. The van der Waals surface area contributed by atoms with Gasteiger partial charge in [0.15, 0.2) is 0 Å². The minimum atomic E-state index is -3.84. The summed E-state index contributed by atoms with van der Waals surface area (Å²) in [5.41, 5.74) is 5.94. The second-order valence-electron chi connectivity index (χ2n) is 6.08. The summed E-state index contributed by atoms with van der Waals surface area (Å²) in [6, 6.07) is 4.63. The summed E-state index contributed by atoms with van der Waals surface area (Å²) < 4.78 is 28.9. The average Bonchev–Trinajstić information content (AvgIpc) is 2.17. The first kappa shape index (κ1) is 16.0. The minimum Gasteiger partial charge on any atom is -0.542 e. The van der Waals surface area contributed by atoms with E-state index < -0.39 is 18.3 Å². The summed E-state index contributed by atoms with van der Waals surface area (Å²) in [7, 11) is -5.91. The Morgan fingerprint density at radius 2 is 1.74 bits per heavy atom. The molecule has 4 N–H and O–H groups in total. The van der Waals surface area contributed by atoms with E-state index in [0.717, 1.165) is 0 Å². The van der Waals surface area contributed by atoms with Gasteiger partial charge in [0.05, 0.1) is 5.69 Å². The molecule has 0 heterocycles. The molecule has 0 atom stereocenters. The van der Waals surface area contributed by atoms with Gasteiger partial charge < -0.3 is 10.2 Å². The molecular formula is C12H22N2O3SSi. The highest BCUT2D eigenvalue weighted by Crippen LogP contribution is 2.39. The minimum absolute atomic E-state index is 0.00294. The molecule has 0 saturated carbocycles. The Bertz CT molecular complexity index is 577. The van der Waals surface area contributed by atoms with E-state index in [1.54, 1.807) is 12.1 Å². The maximum absolute atomic E-state index is 11.4. The normalized spacial score (nSPS) is 13.4. The summed E-state index contributed by atoms with van der Waals surface area (Å²) in [4.78, 5) is -0.0938. The number of para-hydroxylation sites is 1. The maximum atomic E-state index is 11.4. The van der Waals surface area contributed by atoms with Gasteiger partial charge in [0.25, 0.3) is 8.32 Å². The molecule has 0 saturated heterocycles. The molecule has 0 aliphatic carbocycles. The van der Waals surface area contributed by atoms with Crippen LogP contribution in [0.25, 0.3) is 0 Å². The molecule has 0 unspecified atom stereocenters. The zero-order chi connectivity index (χ0) is 15.1. The highest BCUT2D eigenvalue weighted by Gasteiger charge is 2.39. The zero-order valence-electron chi connectivity index (χ0n) is 12.0. The van der Waals surface area contributed by atoms with Gasteiger partial charge in [0.1, 0.15) is 10.6 Å². The molecule has 0 aliphatic heterocycles. The lowest BCUT2D eigenvalue weighted by Crippen LogP contribution is -2.44. The lowest BCUT2D eigenvalue weighted by atomic mass is 10.2. The van der Waals surface area contributed by atoms with Crippen molar-refractivity contribution in [3.05, 3.63) is 18.2 Å². The molecule has 7 heteroatoms. The largest absolute Gasteiger partial charge is 0.542 e. The average molecular weight is 302 g/mol. The monoisotopic (exact) mass is 302 g/mol. The Kier molecular flexibility index (Phi) is 4.05. The van der Waals surface area contributed by atoms with Crippen LogP contribution >= 0.6 is 0 Å². The Labute approximate surface area is 116 Å². The SMILES string of the molecule is CC(C)(C)[Si](C)(C)Oc1cccc(S(N)(=O)=O)c1N. The highest BCUT2D eigenvalue weighted by atomic mass is 32.2. The van der Waals surface area contributed by atoms with Gasteiger partial charge in [-0.3, -0.25) is 0 Å². The number of benzene rings is 1. The molecule has 0 amide bonds. The van der Waals surface area contributed by atoms with E-state index in [-0.39, 0.29) is 15.6 Å². The van der Waals surface area contributed by atoms with Crippen LogP contribution in [-0.2, 0) is 10.0 Å². The smallest absolute Gasteiger partial charge is 0.250 e. The van der Waals surface area contributed by atoms with Gasteiger partial charge in [0.2, 0.25) is 10.0 Å². The summed E-state index contributed by atoms with van der Waals surface area (Å²) in [5.74, 6) is 0.387. The molecule has 0 bridgehead atoms. The third-order valence-corrected chi connectivity index (χ3v) is 8.82. The van der Waals surface area contributed by atoms with E-state index in [4.69, 9.17) is 15.3 Å². The standard InChI is InChI=1S/C12H22N2O3SSi/c1-12(2,3)19(4,5)17-9-7-6-8-10(11(9)13)18(14,15)16/h6-8H,13H2,1-5H3,(H2,14,15,16). The van der Waals surface area contributed by atoms with E-state index in [0.29, 0.717) is 5.75 Å². The van der Waals surface area contributed by atoms with Crippen LogP contribution in [0.5, 0.6) is 5.75 Å². The van der Waals surface area contributed by atoms with Crippen molar-refractivity contribution >= 4 is 24.0 Å². The van der Waals surface area contributed by atoms with Gasteiger partial charge in [-0.1, -0.05) is 26.8 Å². The van der Waals surface area contributed by atoms with Crippen molar-refractivity contribution in [2.75, 3.05) is 5.73 Å². The van der Waals surface area contributed by atoms with Gasteiger partial charge in [-0.05, 0) is 30.3 Å². The van der Waals surface area contributed by atoms with E-state index in [2.05, 4.69) is 33.9 Å². The van der Waals surface area contributed by atoms with Gasteiger partial charge in [-0.25, -0.2) is 13.6 Å². The van der Waals surface area contributed by atoms with Gasteiger partial charge >= 0.3 is 0 Å². The van der Waals surface area contributed by atoms with Crippen LogP contribution in [0.4, 0.5) is 5.69 Å². The van der Waals surface area contributed by atoms with Gasteiger partial charge in [0, 0.05) is 0 Å². The van der Waals surface area contributed by atoms with Crippen LogP contribution < -0.4 is 15.3 Å². The zero-order valence-corrected chi connectivity index (χ0v) is 13.8. The van der Waals surface area contributed by atoms with Crippen molar-refractivity contribution in [1.29, 1.82) is 0 Å². The fourth-order valence-corrected chi connectivity index (χ4v) is 3.00. The van der Waals surface area contributed by atoms with Crippen LogP contribution in [0.15, 0.2) is 23.1 Å². The Morgan fingerprint density at radius 3 is 2.16 bits per heavy atom. The number of anilines is 1. The number of primary sulfonamides is 1. The number of nitrogen functional groups attached to an aromatic ring is 1. The van der Waals surface area contributed by atoms with Crippen LogP contribution in [-0.4, -0.2) is 16.7 Å². The predicted octanol–water partition coefficient (Wildman–Crippen LogP) is 2.30. The van der Waals surface area contributed by atoms with Crippen molar-refractivity contribution in [3.63, 3.8) is 0 Å². The van der Waals surface area contributed by atoms with Crippen LogP contribution in [0.3, 0.4) is 0 Å². The number of rotatable bonds is 3. The molecule has 1 aromatic rings. The molecule has 0 fully saturated rings. The first-order chi connectivity index (χ1) is 8.36. The fraction of sp³-hybridized carbons (Fsp3) is 0.500. The van der Waals surface area contributed by atoms with Crippen molar-refractivity contribution in [3.8, 4) is 5.75 Å². The molecule has 5 nitrogen and oxygen atoms in total. The molecule has 1 aromatic carbocycles. The molecule has 0 aromatic heterocycles. The number of nitrogens with two attached hydrogens (primary N) is 2. The summed E-state index contributed by atoms with van der Waals surface area (Å²) in [6.07, 6.45) is 0. The summed E-state index contributed by atoms with van der Waals surface area (Å²) in [6.45, 7) is 10.4. The Morgan fingerprint density at radius 1 is 1.21 bits per heavy atom. The molecule has 19 heavy (non-hydrogen) atoms. The number of sulfonamides is 1. The van der Waals surface area contributed by atoms with Crippen molar-refractivity contribution in [2.24, 2.45) is 5.14 Å². The first-order valence-electron chi connectivity index (χ1n) is 5.96. The lowest BCUT2D eigenvalue weighted by Gasteiger charge is -2.36. The summed E-state index contributed by atoms with van der Waals surface area (Å²) in [5, 5.41) is 5.12. The first-order valence-corrected chi connectivity index (χ1v) is 10.4. The van der Waals surface area contributed by atoms with E-state index in [1.807, 2.05) is 0 Å². The molecule has 0 spiro atoms. The number of hydrogen-bond acceptors (Lipinski definition) is 4. The van der Waals surface area contributed by atoms with Gasteiger partial charge in [-0.2, -0.15) is 0 Å². The Balaban J connectivity index is 3.26. The van der Waals surface area contributed by atoms with Crippen molar-refractivity contribution < 1.29 is 12.8 Å². The number of hydrogen-bond donors (Lipinski definition) is 2. The van der Waals surface area contributed by atoms with Crippen LogP contribution in [0, 0.1) is 0 Å². The third-order valence-electron chi connectivity index (χ3n) is 3.50. The molecular weight excluding hydrogens is 280 g/mol.